The third-order valence-corrected chi connectivity index (χ3v) is 4.80. The number of anilines is 1. The molecule has 1 aromatic rings. The molecule has 0 saturated heterocycles. The molecule has 0 aromatic carbocycles. The van der Waals surface area contributed by atoms with E-state index in [-0.39, 0.29) is 29.6 Å². The van der Waals surface area contributed by atoms with Crippen LogP contribution in [0.3, 0.4) is 0 Å². The number of hydrogen-bond donors (Lipinski definition) is 3. The lowest BCUT2D eigenvalue weighted by atomic mass is 10.0. The molecule has 2 aliphatic heterocycles. The van der Waals surface area contributed by atoms with Gasteiger partial charge >= 0.3 is 0 Å². The molecule has 2 aliphatic rings. The number of nitrogens with one attached hydrogen (secondary N) is 3. The number of nitrogens with zero attached hydrogens (tertiary/aromatic N) is 3. The van der Waals surface area contributed by atoms with Crippen molar-refractivity contribution >= 4 is 24.0 Å². The minimum atomic E-state index is -0.831. The van der Waals surface area contributed by atoms with Gasteiger partial charge in [-0.2, -0.15) is 0 Å². The van der Waals surface area contributed by atoms with E-state index < -0.39 is 12.2 Å². The van der Waals surface area contributed by atoms with Crippen molar-refractivity contribution in [2.24, 2.45) is 5.92 Å². The lowest BCUT2D eigenvalue weighted by Gasteiger charge is -2.46. The van der Waals surface area contributed by atoms with Crippen LogP contribution in [0.1, 0.15) is 27.7 Å². The Labute approximate surface area is 157 Å². The van der Waals surface area contributed by atoms with Crippen LogP contribution in [0.25, 0.3) is 0 Å². The standard InChI is InChI=1S/C18H24N6O3/c1-10(2)16(26)22-18-21-15-14(23(9-25)12(4)11(3)20-15)17(27)24(18)13-7-5-6-8-19-13/h5-12,18,20-21H,1-4H3,(H,22,26)/t11-,12-,18-/m0/s1. The Hall–Kier alpha value is -3.10. The zero-order valence-electron chi connectivity index (χ0n) is 15.8. The largest absolute Gasteiger partial charge is 0.365 e. The molecule has 3 rings (SSSR count). The number of hydrogen-bond acceptors (Lipinski definition) is 6. The molecule has 3 amide bonds. The Bertz CT molecular complexity index is 779. The molecule has 0 unspecified atom stereocenters. The van der Waals surface area contributed by atoms with E-state index in [2.05, 4.69) is 20.9 Å². The van der Waals surface area contributed by atoms with Crippen LogP contribution in [-0.2, 0) is 14.4 Å². The summed E-state index contributed by atoms with van der Waals surface area (Å²) < 4.78 is 0. The van der Waals surface area contributed by atoms with Crippen LogP contribution >= 0.6 is 0 Å². The summed E-state index contributed by atoms with van der Waals surface area (Å²) in [5.74, 6) is -0.108. The molecule has 0 bridgehead atoms. The summed E-state index contributed by atoms with van der Waals surface area (Å²) in [5.41, 5.74) is 0.205. The predicted octanol–water partition coefficient (Wildman–Crippen LogP) is 0.0813. The van der Waals surface area contributed by atoms with Gasteiger partial charge in [-0.05, 0) is 26.0 Å². The van der Waals surface area contributed by atoms with Crippen molar-refractivity contribution in [1.82, 2.24) is 25.8 Å². The number of amides is 3. The molecular weight excluding hydrogens is 348 g/mol. The number of carbonyl (C=O) groups excluding carboxylic acids is 3. The second-order valence-electron chi connectivity index (χ2n) is 6.98. The minimum Gasteiger partial charge on any atom is -0.365 e. The number of aromatic nitrogens is 1. The van der Waals surface area contributed by atoms with Crippen molar-refractivity contribution in [2.45, 2.75) is 46.1 Å². The second-order valence-corrected chi connectivity index (χ2v) is 6.98. The summed E-state index contributed by atoms with van der Waals surface area (Å²) in [6, 6.07) is 4.88. The van der Waals surface area contributed by atoms with Gasteiger partial charge in [0, 0.05) is 18.2 Å². The van der Waals surface area contributed by atoms with E-state index in [1.54, 1.807) is 38.2 Å². The van der Waals surface area contributed by atoms with Crippen molar-refractivity contribution in [2.75, 3.05) is 4.90 Å². The molecule has 9 heteroatoms. The molecule has 27 heavy (non-hydrogen) atoms. The van der Waals surface area contributed by atoms with Crippen molar-refractivity contribution in [3.05, 3.63) is 35.9 Å². The van der Waals surface area contributed by atoms with E-state index in [9.17, 15) is 14.4 Å². The third kappa shape index (κ3) is 3.32. The highest BCUT2D eigenvalue weighted by Crippen LogP contribution is 2.27. The molecule has 9 nitrogen and oxygen atoms in total. The SMILES string of the molecule is CC(C)C(=O)N[C@@H]1NC2=C(C(=O)N1c1ccccn1)N(C=O)[C@@H](C)[C@H](C)N2. The van der Waals surface area contributed by atoms with Gasteiger partial charge in [-0.3, -0.25) is 19.3 Å². The lowest BCUT2D eigenvalue weighted by molar-refractivity contribution is -0.128. The molecule has 1 aromatic heterocycles. The van der Waals surface area contributed by atoms with Gasteiger partial charge in [-0.1, -0.05) is 19.9 Å². The summed E-state index contributed by atoms with van der Waals surface area (Å²) in [6.45, 7) is 7.32. The molecule has 0 radical (unpaired) electrons. The zero-order valence-corrected chi connectivity index (χ0v) is 15.8. The molecule has 3 heterocycles. The highest BCUT2D eigenvalue weighted by atomic mass is 16.2. The fourth-order valence-corrected chi connectivity index (χ4v) is 3.03. The van der Waals surface area contributed by atoms with Crippen molar-refractivity contribution in [3.8, 4) is 0 Å². The smallest absolute Gasteiger partial charge is 0.283 e. The average Bonchev–Trinajstić information content (AvgIpc) is 2.64. The molecule has 0 aliphatic carbocycles. The monoisotopic (exact) mass is 372 g/mol. The van der Waals surface area contributed by atoms with Crippen LogP contribution in [0.15, 0.2) is 35.9 Å². The van der Waals surface area contributed by atoms with Crippen molar-refractivity contribution in [3.63, 3.8) is 0 Å². The fraction of sp³-hybridized carbons (Fsp3) is 0.444. The van der Waals surface area contributed by atoms with Gasteiger partial charge in [0.25, 0.3) is 5.91 Å². The first-order chi connectivity index (χ1) is 12.8. The number of carbonyl (C=O) groups is 3. The van der Waals surface area contributed by atoms with E-state index in [1.165, 1.54) is 9.80 Å². The molecule has 0 saturated carbocycles. The first-order valence-electron chi connectivity index (χ1n) is 8.91. The van der Waals surface area contributed by atoms with Crippen LogP contribution in [0.4, 0.5) is 5.82 Å². The summed E-state index contributed by atoms with van der Waals surface area (Å²) >= 11 is 0. The van der Waals surface area contributed by atoms with Gasteiger partial charge in [-0.15, -0.1) is 0 Å². The Morgan fingerprint density at radius 1 is 1.30 bits per heavy atom. The van der Waals surface area contributed by atoms with Gasteiger partial charge < -0.3 is 20.9 Å². The molecule has 3 atom stereocenters. The highest BCUT2D eigenvalue weighted by molar-refractivity contribution is 6.08. The zero-order chi connectivity index (χ0) is 19.7. The Kier molecular flexibility index (Phi) is 5.02. The van der Waals surface area contributed by atoms with Crippen molar-refractivity contribution in [1.29, 1.82) is 0 Å². The number of pyridine rings is 1. The Balaban J connectivity index is 2.05. The minimum absolute atomic E-state index is 0.0721. The van der Waals surface area contributed by atoms with Gasteiger partial charge in [0.2, 0.25) is 12.3 Å². The van der Waals surface area contributed by atoms with E-state index in [0.29, 0.717) is 18.0 Å². The van der Waals surface area contributed by atoms with Crippen LogP contribution in [-0.4, -0.2) is 46.5 Å². The van der Waals surface area contributed by atoms with Gasteiger partial charge in [0.05, 0.1) is 6.04 Å². The van der Waals surface area contributed by atoms with Crippen molar-refractivity contribution < 1.29 is 14.4 Å². The van der Waals surface area contributed by atoms with Crippen LogP contribution in [0.5, 0.6) is 0 Å². The molecule has 0 spiro atoms. The highest BCUT2D eigenvalue weighted by Gasteiger charge is 2.44. The third-order valence-electron chi connectivity index (χ3n) is 4.80. The van der Waals surface area contributed by atoms with E-state index in [4.69, 9.17) is 0 Å². The van der Waals surface area contributed by atoms with Gasteiger partial charge in [0.1, 0.15) is 11.6 Å². The summed E-state index contributed by atoms with van der Waals surface area (Å²) in [7, 11) is 0. The van der Waals surface area contributed by atoms with E-state index in [1.807, 2.05) is 13.8 Å². The lowest BCUT2D eigenvalue weighted by Crippen LogP contribution is -2.68. The van der Waals surface area contributed by atoms with E-state index >= 15 is 0 Å². The summed E-state index contributed by atoms with van der Waals surface area (Å²) in [4.78, 5) is 44.3. The average molecular weight is 372 g/mol. The van der Waals surface area contributed by atoms with Crippen LogP contribution < -0.4 is 20.9 Å². The van der Waals surface area contributed by atoms with E-state index in [0.717, 1.165) is 0 Å². The molecule has 0 fully saturated rings. The normalized spacial score (nSPS) is 24.9. The fourth-order valence-electron chi connectivity index (χ4n) is 3.03. The second kappa shape index (κ2) is 7.26. The maximum atomic E-state index is 13.3. The van der Waals surface area contributed by atoms with Gasteiger partial charge in [0.15, 0.2) is 12.0 Å². The molecule has 3 N–H and O–H groups in total. The maximum absolute atomic E-state index is 13.3. The first kappa shape index (κ1) is 18.7. The Morgan fingerprint density at radius 2 is 2.04 bits per heavy atom. The van der Waals surface area contributed by atoms with Gasteiger partial charge in [-0.25, -0.2) is 4.98 Å². The summed E-state index contributed by atoms with van der Waals surface area (Å²) in [6.07, 6.45) is 1.39. The van der Waals surface area contributed by atoms with Crippen LogP contribution in [0.2, 0.25) is 0 Å². The Morgan fingerprint density at radius 3 is 2.63 bits per heavy atom. The quantitative estimate of drug-likeness (QED) is 0.647. The molecular formula is C18H24N6O3. The van der Waals surface area contributed by atoms with Crippen LogP contribution in [0, 0.1) is 5.92 Å². The molecule has 144 valence electrons. The predicted molar refractivity (Wildman–Crippen MR) is 98.6 cm³/mol. The topological polar surface area (TPSA) is 107 Å². The first-order valence-corrected chi connectivity index (χ1v) is 8.91. The number of rotatable bonds is 4. The maximum Gasteiger partial charge on any atom is 0.283 e. The summed E-state index contributed by atoms with van der Waals surface area (Å²) in [5, 5.41) is 9.18.